The number of hydrogen-bond donors (Lipinski definition) is 1. The third kappa shape index (κ3) is 1.85. The van der Waals surface area contributed by atoms with Crippen LogP contribution in [0, 0.1) is 0 Å². The molecule has 2 N–H and O–H groups in total. The summed E-state index contributed by atoms with van der Waals surface area (Å²) in [5, 5.41) is 11.7. The Bertz CT molecular complexity index is 821. The minimum Gasteiger partial charge on any atom is -0.303 e. The summed E-state index contributed by atoms with van der Waals surface area (Å²) in [6.07, 6.45) is -0.595. The second-order valence-electron chi connectivity index (χ2n) is 4.75. The molecule has 102 valence electrons. The smallest absolute Gasteiger partial charge is 0.195 e. The SMILES string of the molecule is NC1N=C(c2ccccc2)c2ccccc2-n2nnnc21. The highest BCUT2D eigenvalue weighted by atomic mass is 15.6. The topological polar surface area (TPSA) is 82.0 Å². The average molecular weight is 276 g/mol. The molecule has 21 heavy (non-hydrogen) atoms. The number of benzene rings is 2. The van der Waals surface area contributed by atoms with Crippen molar-refractivity contribution in [2.75, 3.05) is 0 Å². The van der Waals surface area contributed by atoms with Crippen LogP contribution in [0.1, 0.15) is 23.1 Å². The molecule has 6 heteroatoms. The molecule has 0 fully saturated rings. The fraction of sp³-hybridized carbons (Fsp3) is 0.0667. The van der Waals surface area contributed by atoms with Crippen molar-refractivity contribution in [1.29, 1.82) is 0 Å². The van der Waals surface area contributed by atoms with Gasteiger partial charge in [0.1, 0.15) is 0 Å². The average Bonchev–Trinajstić information content (AvgIpc) is 2.99. The lowest BCUT2D eigenvalue weighted by Gasteiger charge is -2.09. The van der Waals surface area contributed by atoms with Gasteiger partial charge in [0, 0.05) is 11.1 Å². The first-order valence-electron chi connectivity index (χ1n) is 6.61. The van der Waals surface area contributed by atoms with Crippen molar-refractivity contribution in [3.05, 3.63) is 71.5 Å². The summed E-state index contributed by atoms with van der Waals surface area (Å²) in [6.45, 7) is 0. The number of hydrogen-bond acceptors (Lipinski definition) is 5. The molecular weight excluding hydrogens is 264 g/mol. The zero-order valence-corrected chi connectivity index (χ0v) is 11.1. The molecule has 1 aromatic heterocycles. The van der Waals surface area contributed by atoms with Crippen molar-refractivity contribution in [2.45, 2.75) is 6.17 Å². The van der Waals surface area contributed by atoms with Gasteiger partial charge in [0.15, 0.2) is 12.0 Å². The van der Waals surface area contributed by atoms with Gasteiger partial charge in [-0.3, -0.25) is 4.99 Å². The molecule has 0 amide bonds. The number of aromatic nitrogens is 4. The van der Waals surface area contributed by atoms with E-state index in [-0.39, 0.29) is 0 Å². The lowest BCUT2D eigenvalue weighted by atomic mass is 10.0. The molecule has 0 saturated carbocycles. The van der Waals surface area contributed by atoms with Gasteiger partial charge in [-0.05, 0) is 16.5 Å². The highest BCUT2D eigenvalue weighted by Gasteiger charge is 2.24. The molecule has 4 rings (SSSR count). The van der Waals surface area contributed by atoms with Crippen molar-refractivity contribution in [2.24, 2.45) is 10.7 Å². The minimum absolute atomic E-state index is 0.536. The van der Waals surface area contributed by atoms with Gasteiger partial charge in [0.2, 0.25) is 0 Å². The monoisotopic (exact) mass is 276 g/mol. The van der Waals surface area contributed by atoms with E-state index in [2.05, 4.69) is 20.5 Å². The van der Waals surface area contributed by atoms with Crippen LogP contribution >= 0.6 is 0 Å². The number of fused-ring (bicyclic) bond motifs is 3. The molecule has 1 unspecified atom stereocenters. The van der Waals surface area contributed by atoms with E-state index in [0.717, 1.165) is 22.5 Å². The predicted molar refractivity (Wildman–Crippen MR) is 78.2 cm³/mol. The van der Waals surface area contributed by atoms with Crippen molar-refractivity contribution in [1.82, 2.24) is 20.2 Å². The summed E-state index contributed by atoms with van der Waals surface area (Å²) in [5.74, 6) is 0.536. The largest absolute Gasteiger partial charge is 0.303 e. The normalized spacial score (nSPS) is 16.6. The van der Waals surface area contributed by atoms with Gasteiger partial charge in [-0.25, -0.2) is 0 Å². The molecule has 0 radical (unpaired) electrons. The molecule has 6 nitrogen and oxygen atoms in total. The van der Waals surface area contributed by atoms with E-state index in [9.17, 15) is 0 Å². The van der Waals surface area contributed by atoms with Crippen LogP contribution in [0.5, 0.6) is 0 Å². The van der Waals surface area contributed by atoms with E-state index >= 15 is 0 Å². The van der Waals surface area contributed by atoms with E-state index < -0.39 is 6.17 Å². The standard InChI is InChI=1S/C15H12N6/c16-14-15-18-19-20-21(15)12-9-5-4-8-11(12)13(17-14)10-6-2-1-3-7-10/h1-9,14H,16H2. The highest BCUT2D eigenvalue weighted by molar-refractivity contribution is 6.15. The van der Waals surface area contributed by atoms with Crippen molar-refractivity contribution < 1.29 is 0 Å². The van der Waals surface area contributed by atoms with Crippen molar-refractivity contribution >= 4 is 5.71 Å². The minimum atomic E-state index is -0.595. The van der Waals surface area contributed by atoms with Gasteiger partial charge in [-0.2, -0.15) is 4.68 Å². The first-order chi connectivity index (χ1) is 10.3. The third-order valence-corrected chi connectivity index (χ3v) is 3.46. The summed E-state index contributed by atoms with van der Waals surface area (Å²) in [7, 11) is 0. The van der Waals surface area contributed by atoms with Crippen LogP contribution in [-0.4, -0.2) is 25.9 Å². The van der Waals surface area contributed by atoms with Crippen LogP contribution in [0.2, 0.25) is 0 Å². The first-order valence-corrected chi connectivity index (χ1v) is 6.61. The van der Waals surface area contributed by atoms with Crippen LogP contribution in [0.3, 0.4) is 0 Å². The number of aliphatic imine (C=N–C) groups is 1. The lowest BCUT2D eigenvalue weighted by molar-refractivity contribution is 0.674. The Kier molecular flexibility index (Phi) is 2.61. The van der Waals surface area contributed by atoms with Crippen LogP contribution in [0.25, 0.3) is 5.69 Å². The zero-order chi connectivity index (χ0) is 14.2. The molecular formula is C15H12N6. The fourth-order valence-electron chi connectivity index (χ4n) is 2.50. The van der Waals surface area contributed by atoms with E-state index in [1.807, 2.05) is 54.6 Å². The Morgan fingerprint density at radius 3 is 2.57 bits per heavy atom. The Labute approximate surface area is 120 Å². The number of para-hydroxylation sites is 1. The summed E-state index contributed by atoms with van der Waals surface area (Å²) in [6, 6.07) is 17.9. The second-order valence-corrected chi connectivity index (χ2v) is 4.75. The van der Waals surface area contributed by atoms with Gasteiger partial charge >= 0.3 is 0 Å². The maximum absolute atomic E-state index is 6.15. The number of nitrogens with two attached hydrogens (primary N) is 1. The van der Waals surface area contributed by atoms with E-state index in [1.54, 1.807) is 4.68 Å². The Morgan fingerprint density at radius 2 is 1.71 bits per heavy atom. The van der Waals surface area contributed by atoms with Crippen LogP contribution < -0.4 is 5.73 Å². The van der Waals surface area contributed by atoms with Crippen LogP contribution in [-0.2, 0) is 0 Å². The Morgan fingerprint density at radius 1 is 0.952 bits per heavy atom. The van der Waals surface area contributed by atoms with Crippen LogP contribution in [0.4, 0.5) is 0 Å². The van der Waals surface area contributed by atoms with E-state index in [4.69, 9.17) is 5.73 Å². The lowest BCUT2D eigenvalue weighted by Crippen LogP contribution is -2.13. The highest BCUT2D eigenvalue weighted by Crippen LogP contribution is 2.26. The van der Waals surface area contributed by atoms with E-state index in [0.29, 0.717) is 5.82 Å². The fourth-order valence-corrected chi connectivity index (χ4v) is 2.50. The molecule has 3 aromatic rings. The zero-order valence-electron chi connectivity index (χ0n) is 11.1. The molecule has 0 saturated heterocycles. The molecule has 2 heterocycles. The van der Waals surface area contributed by atoms with Gasteiger partial charge in [-0.1, -0.05) is 48.5 Å². The maximum atomic E-state index is 6.15. The summed E-state index contributed by atoms with van der Waals surface area (Å²) >= 11 is 0. The number of tetrazole rings is 1. The van der Waals surface area contributed by atoms with Gasteiger partial charge < -0.3 is 5.73 Å². The molecule has 1 atom stereocenters. The molecule has 2 aromatic carbocycles. The number of nitrogens with zero attached hydrogens (tertiary/aromatic N) is 5. The Balaban J connectivity index is 2.02. The summed E-state index contributed by atoms with van der Waals surface area (Å²) in [5.41, 5.74) is 9.84. The Hall–Kier alpha value is -2.86. The van der Waals surface area contributed by atoms with Gasteiger partial charge in [-0.15, -0.1) is 5.10 Å². The summed E-state index contributed by atoms with van der Waals surface area (Å²) in [4.78, 5) is 4.63. The molecule has 0 spiro atoms. The summed E-state index contributed by atoms with van der Waals surface area (Å²) < 4.78 is 1.65. The van der Waals surface area contributed by atoms with Crippen LogP contribution in [0.15, 0.2) is 59.6 Å². The molecule has 1 aliphatic rings. The second kappa shape index (κ2) is 4.60. The molecule has 0 aliphatic carbocycles. The first kappa shape index (κ1) is 11.9. The van der Waals surface area contributed by atoms with Crippen molar-refractivity contribution in [3.8, 4) is 5.69 Å². The maximum Gasteiger partial charge on any atom is 0.195 e. The third-order valence-electron chi connectivity index (χ3n) is 3.46. The van der Waals surface area contributed by atoms with Crippen molar-refractivity contribution in [3.63, 3.8) is 0 Å². The van der Waals surface area contributed by atoms with E-state index in [1.165, 1.54) is 0 Å². The number of rotatable bonds is 1. The molecule has 0 bridgehead atoms. The van der Waals surface area contributed by atoms with Gasteiger partial charge in [0.05, 0.1) is 11.4 Å². The predicted octanol–water partition coefficient (Wildman–Crippen LogP) is 1.47. The van der Waals surface area contributed by atoms with Gasteiger partial charge in [0.25, 0.3) is 0 Å². The molecule has 1 aliphatic heterocycles. The quantitative estimate of drug-likeness (QED) is 0.729.